The van der Waals surface area contributed by atoms with Gasteiger partial charge in [0.2, 0.25) is 0 Å². The van der Waals surface area contributed by atoms with Crippen LogP contribution in [-0.4, -0.2) is 62.2 Å². The van der Waals surface area contributed by atoms with Crippen LogP contribution < -0.4 is 0 Å². The molecule has 12 heteroatoms. The largest absolute Gasteiger partial charge is 0.462 e. The molecule has 0 aliphatic rings. The quantitative estimate of drug-likeness (QED) is 0.0905. The highest BCUT2D eigenvalue weighted by molar-refractivity contribution is 6.03. The van der Waals surface area contributed by atoms with E-state index in [1.165, 1.54) is 39.8 Å². The number of hydrogen-bond acceptors (Lipinski definition) is 12. The van der Waals surface area contributed by atoms with Gasteiger partial charge < -0.3 is 28.4 Å². The highest BCUT2D eigenvalue weighted by Gasteiger charge is 2.19. The van der Waals surface area contributed by atoms with Gasteiger partial charge in [-0.2, -0.15) is 0 Å². The highest BCUT2D eigenvalue weighted by atomic mass is 16.6. The van der Waals surface area contributed by atoms with Gasteiger partial charge in [-0.25, -0.2) is 28.8 Å². The third kappa shape index (κ3) is 12.9. The average molecular weight is 587 g/mol. The molecule has 0 radical (unpaired) electrons. The predicted octanol–water partition coefficient (Wildman–Crippen LogP) is 3.91. The molecule has 0 saturated heterocycles. The molecule has 0 aliphatic heterocycles. The molecule has 0 N–H and O–H groups in total. The fourth-order valence-electron chi connectivity index (χ4n) is 2.58. The third-order valence-electron chi connectivity index (χ3n) is 4.90. The van der Waals surface area contributed by atoms with Gasteiger partial charge in [-0.1, -0.05) is 25.3 Å². The summed E-state index contributed by atoms with van der Waals surface area (Å²) in [5, 5.41) is 0. The number of carbonyl (C=O) groups is 6. The summed E-state index contributed by atoms with van der Waals surface area (Å²) >= 11 is 0. The van der Waals surface area contributed by atoms with E-state index >= 15 is 0 Å². The number of hydrogen-bond donors (Lipinski definition) is 0. The maximum Gasteiger partial charge on any atom is 0.339 e. The minimum Gasteiger partial charge on any atom is -0.462 e. The maximum absolute atomic E-state index is 12.5. The van der Waals surface area contributed by atoms with Crippen molar-refractivity contribution in [2.24, 2.45) is 0 Å². The number of rotatable bonds is 16. The Morgan fingerprint density at radius 3 is 1.24 bits per heavy atom. The summed E-state index contributed by atoms with van der Waals surface area (Å²) in [4.78, 5) is 71.6. The first-order valence-corrected chi connectivity index (χ1v) is 12.7. The Balaban J connectivity index is 2.45. The number of benzene rings is 1. The number of esters is 6. The molecule has 0 aromatic heterocycles. The van der Waals surface area contributed by atoms with E-state index in [4.69, 9.17) is 28.4 Å². The van der Waals surface area contributed by atoms with E-state index in [0.717, 1.165) is 12.5 Å². The zero-order chi connectivity index (χ0) is 31.7. The zero-order valence-corrected chi connectivity index (χ0v) is 24.0. The lowest BCUT2D eigenvalue weighted by Crippen LogP contribution is -2.16. The second-order valence-electron chi connectivity index (χ2n) is 8.77. The lowest BCUT2D eigenvalue weighted by molar-refractivity contribution is -0.141. The third-order valence-corrected chi connectivity index (χ3v) is 4.90. The summed E-state index contributed by atoms with van der Waals surface area (Å²) in [7, 11) is 0. The molecule has 226 valence electrons. The van der Waals surface area contributed by atoms with E-state index in [1.54, 1.807) is 12.1 Å². The molecule has 1 rings (SSSR count). The molecule has 0 unspecified atom stereocenters. The molecule has 0 saturated carbocycles. The topological polar surface area (TPSA) is 158 Å². The number of ether oxygens (including phenoxy) is 6. The van der Waals surface area contributed by atoms with Crippen LogP contribution in [0, 0.1) is 0 Å². The first-order chi connectivity index (χ1) is 19.8. The molecule has 0 amide bonds. The van der Waals surface area contributed by atoms with Gasteiger partial charge in [-0.15, -0.1) is 0 Å². The van der Waals surface area contributed by atoms with Crippen LogP contribution in [0.25, 0.3) is 0 Å². The van der Waals surface area contributed by atoms with E-state index in [0.29, 0.717) is 0 Å². The van der Waals surface area contributed by atoms with Crippen LogP contribution in [0.3, 0.4) is 0 Å². The Morgan fingerprint density at radius 1 is 0.571 bits per heavy atom. The van der Waals surface area contributed by atoms with Crippen molar-refractivity contribution >= 4 is 35.8 Å². The van der Waals surface area contributed by atoms with Gasteiger partial charge in [0.15, 0.2) is 0 Å². The molecule has 0 spiro atoms. The Kier molecular flexibility index (Phi) is 15.3. The molecule has 0 fully saturated rings. The fourth-order valence-corrected chi connectivity index (χ4v) is 2.58. The normalized spacial score (nSPS) is 11.0. The summed E-state index contributed by atoms with van der Waals surface area (Å²) in [6, 6.07) is 5.90. The van der Waals surface area contributed by atoms with Crippen molar-refractivity contribution in [3.05, 3.63) is 83.4 Å². The van der Waals surface area contributed by atoms with Crippen LogP contribution in [0.1, 0.15) is 61.3 Å². The lowest BCUT2D eigenvalue weighted by atomic mass is 10.1. The molecular formula is C30H34O12. The van der Waals surface area contributed by atoms with Crippen molar-refractivity contribution in [2.75, 3.05) is 26.4 Å². The van der Waals surface area contributed by atoms with Crippen LogP contribution in [0.2, 0.25) is 0 Å². The summed E-state index contributed by atoms with van der Waals surface area (Å²) in [5.41, 5.74) is 0.422. The van der Waals surface area contributed by atoms with Crippen molar-refractivity contribution in [1.29, 1.82) is 0 Å². The van der Waals surface area contributed by atoms with Crippen molar-refractivity contribution in [2.45, 2.75) is 40.5 Å². The number of carbonyl (C=O) groups excluding carboxylic acids is 6. The van der Waals surface area contributed by atoms with Crippen LogP contribution in [0.4, 0.5) is 0 Å². The Labute approximate surface area is 243 Å². The van der Waals surface area contributed by atoms with Crippen molar-refractivity contribution in [3.63, 3.8) is 0 Å². The van der Waals surface area contributed by atoms with Crippen molar-refractivity contribution < 1.29 is 57.2 Å². The first-order valence-electron chi connectivity index (χ1n) is 12.7. The Bertz CT molecular complexity index is 1170. The molecule has 1 aromatic carbocycles. The summed E-state index contributed by atoms with van der Waals surface area (Å²) in [5.74, 6) is -4.34. The van der Waals surface area contributed by atoms with Gasteiger partial charge in [0.1, 0.15) is 12.5 Å². The standard InChI is InChI=1S/C30H34O12/c1-19(2)25(31)41-17-21(5)27(33)37-13-9-15-39-29(35)23-11-7-8-12-24(23)30(36)40-16-10-14-38-28(34)22(6)18-42-26(32)20(3)4/h7-8,11-12,17-18H,1,3,9-10,13-16H2,2,4-6H3/b21-17+,22-18+. The van der Waals surface area contributed by atoms with Gasteiger partial charge in [0, 0.05) is 24.0 Å². The molecular weight excluding hydrogens is 552 g/mol. The minimum absolute atomic E-state index is 0.0194. The van der Waals surface area contributed by atoms with Crippen LogP contribution in [0.5, 0.6) is 0 Å². The second kappa shape index (κ2) is 18.4. The van der Waals surface area contributed by atoms with Crippen molar-refractivity contribution in [1.82, 2.24) is 0 Å². The first kappa shape index (κ1) is 35.0. The fraction of sp³-hybridized carbons (Fsp3) is 0.333. The van der Waals surface area contributed by atoms with E-state index in [2.05, 4.69) is 13.2 Å². The molecule has 1 aromatic rings. The monoisotopic (exact) mass is 586 g/mol. The van der Waals surface area contributed by atoms with E-state index < -0.39 is 35.8 Å². The molecule has 12 nitrogen and oxygen atoms in total. The highest BCUT2D eigenvalue weighted by Crippen LogP contribution is 2.13. The second-order valence-corrected chi connectivity index (χ2v) is 8.77. The predicted molar refractivity (Wildman–Crippen MR) is 147 cm³/mol. The molecule has 0 heterocycles. The SMILES string of the molecule is C=C(C)C(=O)O/C=C(\C)C(=O)OCCCOC(=O)c1ccccc1C(=O)OCCCOC(=O)/C(C)=C/OC(=O)C(=C)C. The van der Waals surface area contributed by atoms with E-state index in [1.807, 2.05) is 0 Å². The molecule has 42 heavy (non-hydrogen) atoms. The minimum atomic E-state index is -0.778. The Hall–Kier alpha value is -5.00. The molecule has 0 bridgehead atoms. The van der Waals surface area contributed by atoms with Crippen LogP contribution in [-0.2, 0) is 47.6 Å². The summed E-state index contributed by atoms with van der Waals surface area (Å²) < 4.78 is 29.9. The maximum atomic E-state index is 12.5. The van der Waals surface area contributed by atoms with Crippen LogP contribution in [0.15, 0.2) is 72.2 Å². The smallest absolute Gasteiger partial charge is 0.339 e. The lowest BCUT2D eigenvalue weighted by Gasteiger charge is -2.10. The van der Waals surface area contributed by atoms with Gasteiger partial charge in [0.25, 0.3) is 0 Å². The van der Waals surface area contributed by atoms with E-state index in [-0.39, 0.29) is 72.7 Å². The van der Waals surface area contributed by atoms with Gasteiger partial charge in [-0.05, 0) is 39.8 Å². The summed E-state index contributed by atoms with van der Waals surface area (Å²) in [6.45, 7) is 12.2. The Morgan fingerprint density at radius 2 is 0.905 bits per heavy atom. The van der Waals surface area contributed by atoms with Crippen molar-refractivity contribution in [3.8, 4) is 0 Å². The van der Waals surface area contributed by atoms with Crippen LogP contribution >= 0.6 is 0 Å². The van der Waals surface area contributed by atoms with E-state index in [9.17, 15) is 28.8 Å². The molecule has 0 atom stereocenters. The average Bonchev–Trinajstić information content (AvgIpc) is 2.96. The summed E-state index contributed by atoms with van der Waals surface area (Å²) in [6.07, 6.45) is 2.28. The molecule has 0 aliphatic carbocycles. The van der Waals surface area contributed by atoms with Gasteiger partial charge in [0.05, 0.1) is 48.7 Å². The van der Waals surface area contributed by atoms with Gasteiger partial charge >= 0.3 is 35.8 Å². The zero-order valence-electron chi connectivity index (χ0n) is 24.0. The van der Waals surface area contributed by atoms with Gasteiger partial charge in [-0.3, -0.25) is 0 Å².